The topological polar surface area (TPSA) is 142 Å². The molecule has 0 spiro atoms. The summed E-state index contributed by atoms with van der Waals surface area (Å²) >= 11 is 0. The molecule has 1 amide bonds. The number of aryl methyl sites for hydroxylation is 1. The number of hydrogen-bond acceptors (Lipinski definition) is 8. The van der Waals surface area contributed by atoms with Crippen molar-refractivity contribution >= 4 is 23.3 Å². The normalized spacial score (nSPS) is 10.5. The van der Waals surface area contributed by atoms with Crippen LogP contribution in [0.4, 0.5) is 15.8 Å². The number of benzene rings is 2. The molecule has 1 aromatic heterocycles. The molecule has 0 aliphatic carbocycles. The zero-order chi connectivity index (χ0) is 21.8. The van der Waals surface area contributed by atoms with Crippen molar-refractivity contribution in [2.24, 2.45) is 0 Å². The number of nitrogens with one attached hydrogen (secondary N) is 1. The van der Waals surface area contributed by atoms with E-state index in [1.807, 2.05) is 0 Å². The van der Waals surface area contributed by atoms with Crippen LogP contribution in [0.1, 0.15) is 33.5 Å². The minimum Gasteiger partial charge on any atom is -0.462 e. The fourth-order valence-corrected chi connectivity index (χ4v) is 2.59. The first-order valence-corrected chi connectivity index (χ1v) is 8.63. The number of rotatable bonds is 6. The van der Waals surface area contributed by atoms with E-state index in [-0.39, 0.29) is 29.1 Å². The Morgan fingerprint density at radius 2 is 1.97 bits per heavy atom. The van der Waals surface area contributed by atoms with E-state index >= 15 is 0 Å². The van der Waals surface area contributed by atoms with Crippen LogP contribution in [0.15, 0.2) is 36.4 Å². The number of non-ortho nitro benzene ring substituents is 1. The summed E-state index contributed by atoms with van der Waals surface area (Å²) in [7, 11) is 0. The molecule has 1 N–H and O–H groups in total. The van der Waals surface area contributed by atoms with E-state index in [1.165, 1.54) is 18.2 Å². The van der Waals surface area contributed by atoms with Crippen LogP contribution in [-0.2, 0) is 4.74 Å². The molecule has 0 atom stereocenters. The zero-order valence-electron chi connectivity index (χ0n) is 15.8. The summed E-state index contributed by atoms with van der Waals surface area (Å²) in [6.45, 7) is 3.23. The van der Waals surface area contributed by atoms with Crippen LogP contribution in [0.3, 0.4) is 0 Å². The monoisotopic (exact) mass is 414 g/mol. The van der Waals surface area contributed by atoms with Crippen molar-refractivity contribution in [2.45, 2.75) is 13.8 Å². The van der Waals surface area contributed by atoms with Gasteiger partial charge in [-0.1, -0.05) is 0 Å². The lowest BCUT2D eigenvalue weighted by Gasteiger charge is -2.10. The molecule has 0 unspecified atom stereocenters. The van der Waals surface area contributed by atoms with E-state index in [1.54, 1.807) is 13.8 Å². The molecule has 30 heavy (non-hydrogen) atoms. The second-order valence-corrected chi connectivity index (χ2v) is 6.00. The molecule has 0 fully saturated rings. The van der Waals surface area contributed by atoms with E-state index < -0.39 is 28.3 Å². The van der Waals surface area contributed by atoms with Gasteiger partial charge in [0.25, 0.3) is 11.6 Å². The number of anilines is 1. The molecule has 12 heteroatoms. The van der Waals surface area contributed by atoms with Gasteiger partial charge in [-0.05, 0) is 48.5 Å². The van der Waals surface area contributed by atoms with Crippen LogP contribution in [-0.4, -0.2) is 43.6 Å². The third-order valence-corrected chi connectivity index (χ3v) is 3.96. The number of halogens is 1. The number of aromatic nitrogens is 4. The van der Waals surface area contributed by atoms with Gasteiger partial charge in [0.2, 0.25) is 0 Å². The zero-order valence-corrected chi connectivity index (χ0v) is 15.8. The Morgan fingerprint density at radius 1 is 1.23 bits per heavy atom. The minimum absolute atomic E-state index is 0.00144. The van der Waals surface area contributed by atoms with E-state index in [0.717, 1.165) is 22.9 Å². The fraction of sp³-hybridized carbons (Fsp3) is 0.167. The Labute approximate surface area is 168 Å². The number of amides is 1. The van der Waals surface area contributed by atoms with Crippen LogP contribution >= 0.6 is 0 Å². The van der Waals surface area contributed by atoms with Crippen molar-refractivity contribution in [1.82, 2.24) is 20.2 Å². The van der Waals surface area contributed by atoms with Crippen molar-refractivity contribution in [1.29, 1.82) is 0 Å². The molecule has 0 saturated carbocycles. The summed E-state index contributed by atoms with van der Waals surface area (Å²) in [6.07, 6.45) is 0. The van der Waals surface area contributed by atoms with Crippen LogP contribution in [0.25, 0.3) is 5.69 Å². The molecule has 1 heterocycles. The summed E-state index contributed by atoms with van der Waals surface area (Å²) in [5.41, 5.74) is -0.538. The van der Waals surface area contributed by atoms with E-state index in [4.69, 9.17) is 4.74 Å². The van der Waals surface area contributed by atoms with Crippen molar-refractivity contribution in [3.63, 3.8) is 0 Å². The minimum atomic E-state index is -0.798. The number of tetrazole rings is 1. The van der Waals surface area contributed by atoms with Gasteiger partial charge in [0.05, 0.1) is 17.1 Å². The highest BCUT2D eigenvalue weighted by Gasteiger charge is 2.19. The predicted molar refractivity (Wildman–Crippen MR) is 101 cm³/mol. The van der Waals surface area contributed by atoms with E-state index in [9.17, 15) is 24.1 Å². The summed E-state index contributed by atoms with van der Waals surface area (Å²) < 4.78 is 20.2. The van der Waals surface area contributed by atoms with Crippen LogP contribution in [0, 0.1) is 22.9 Å². The third kappa shape index (κ3) is 4.27. The molecule has 3 rings (SSSR count). The maximum absolute atomic E-state index is 14.2. The lowest BCUT2D eigenvalue weighted by molar-refractivity contribution is -0.384. The maximum Gasteiger partial charge on any atom is 0.338 e. The largest absolute Gasteiger partial charge is 0.462 e. The Bertz CT molecular complexity index is 1150. The number of carbonyl (C=O) groups is 2. The smallest absolute Gasteiger partial charge is 0.338 e. The molecule has 0 aliphatic rings. The number of nitrogens with zero attached hydrogens (tertiary/aromatic N) is 5. The molecule has 154 valence electrons. The number of nitro benzene ring substituents is 1. The Kier molecular flexibility index (Phi) is 5.76. The van der Waals surface area contributed by atoms with Gasteiger partial charge >= 0.3 is 5.97 Å². The number of ether oxygens (including phenoxy) is 1. The first kappa shape index (κ1) is 20.5. The Balaban J connectivity index is 1.93. The van der Waals surface area contributed by atoms with Gasteiger partial charge in [-0.15, -0.1) is 5.10 Å². The van der Waals surface area contributed by atoms with E-state index in [2.05, 4.69) is 20.8 Å². The highest BCUT2D eigenvalue weighted by atomic mass is 19.1. The second-order valence-electron chi connectivity index (χ2n) is 6.00. The molecule has 3 aromatic rings. The number of hydrogen-bond donors (Lipinski definition) is 1. The number of nitro groups is 1. The Morgan fingerprint density at radius 3 is 2.60 bits per heavy atom. The molecule has 0 radical (unpaired) electrons. The van der Waals surface area contributed by atoms with Crippen LogP contribution < -0.4 is 5.32 Å². The van der Waals surface area contributed by atoms with E-state index in [0.29, 0.717) is 5.82 Å². The number of carbonyl (C=O) groups excluding carboxylic acids is 2. The van der Waals surface area contributed by atoms with Crippen molar-refractivity contribution in [2.75, 3.05) is 11.9 Å². The molecule has 0 saturated heterocycles. The first-order valence-electron chi connectivity index (χ1n) is 8.63. The van der Waals surface area contributed by atoms with Crippen molar-refractivity contribution in [3.05, 3.63) is 69.3 Å². The van der Waals surface area contributed by atoms with Gasteiger partial charge in [0.1, 0.15) is 11.5 Å². The van der Waals surface area contributed by atoms with Gasteiger partial charge in [0, 0.05) is 23.4 Å². The molecule has 11 nitrogen and oxygen atoms in total. The van der Waals surface area contributed by atoms with Gasteiger partial charge < -0.3 is 10.1 Å². The quantitative estimate of drug-likeness (QED) is 0.368. The summed E-state index contributed by atoms with van der Waals surface area (Å²) in [5, 5.41) is 24.5. The summed E-state index contributed by atoms with van der Waals surface area (Å²) in [5.74, 6) is -1.83. The van der Waals surface area contributed by atoms with Gasteiger partial charge in [-0.3, -0.25) is 14.9 Å². The van der Waals surface area contributed by atoms with Gasteiger partial charge in [-0.2, -0.15) is 4.68 Å². The summed E-state index contributed by atoms with van der Waals surface area (Å²) in [4.78, 5) is 35.0. The molecule has 0 bridgehead atoms. The average Bonchev–Trinajstić information content (AvgIpc) is 3.14. The highest BCUT2D eigenvalue weighted by Crippen LogP contribution is 2.22. The standard InChI is InChI=1S/C18H15FN6O5/c1-3-30-18(27)12-6-11(7-14(8-12)25(28)29)17(26)20-13-4-5-15(19)16(9-13)24-10(2)21-22-23-24/h4-9H,3H2,1-2H3,(H,20,26). The molecular weight excluding hydrogens is 399 g/mol. The lowest BCUT2D eigenvalue weighted by atomic mass is 10.1. The van der Waals surface area contributed by atoms with Crippen LogP contribution in [0.5, 0.6) is 0 Å². The fourth-order valence-electron chi connectivity index (χ4n) is 2.59. The molecule has 2 aromatic carbocycles. The lowest BCUT2D eigenvalue weighted by Crippen LogP contribution is -2.15. The summed E-state index contributed by atoms with van der Waals surface area (Å²) in [6, 6.07) is 6.94. The predicted octanol–water partition coefficient (Wildman–Crippen LogP) is 2.45. The van der Waals surface area contributed by atoms with Crippen LogP contribution in [0.2, 0.25) is 0 Å². The second kappa shape index (κ2) is 8.43. The van der Waals surface area contributed by atoms with Gasteiger partial charge in [-0.25, -0.2) is 9.18 Å². The Hall–Kier alpha value is -4.22. The maximum atomic E-state index is 14.2. The van der Waals surface area contributed by atoms with Crippen molar-refractivity contribution in [3.8, 4) is 5.69 Å². The first-order chi connectivity index (χ1) is 14.3. The van der Waals surface area contributed by atoms with Crippen molar-refractivity contribution < 1.29 is 23.6 Å². The molecule has 0 aliphatic heterocycles. The molecular formula is C18H15FN6O5. The number of esters is 1. The van der Waals surface area contributed by atoms with Gasteiger partial charge in [0.15, 0.2) is 5.82 Å². The third-order valence-electron chi connectivity index (χ3n) is 3.96. The average molecular weight is 414 g/mol. The highest BCUT2D eigenvalue weighted by molar-refractivity contribution is 6.06. The SMILES string of the molecule is CCOC(=O)c1cc(C(=O)Nc2ccc(F)c(-n3nnnc3C)c2)cc([N+](=O)[O-])c1.